The van der Waals surface area contributed by atoms with Gasteiger partial charge in [-0.3, -0.25) is 0 Å². The zero-order valence-corrected chi connectivity index (χ0v) is 15.6. The first-order valence-corrected chi connectivity index (χ1v) is 9.95. The Bertz CT molecular complexity index is 629. The van der Waals surface area contributed by atoms with Crippen molar-refractivity contribution in [1.82, 2.24) is 10.3 Å². The quantitative estimate of drug-likeness (QED) is 0.725. The lowest BCUT2D eigenvalue weighted by molar-refractivity contribution is 0.141. The van der Waals surface area contributed by atoms with E-state index in [1.54, 1.807) is 11.8 Å². The van der Waals surface area contributed by atoms with Gasteiger partial charge < -0.3 is 10.4 Å². The molecule has 1 aliphatic heterocycles. The normalized spacial score (nSPS) is 25.5. The zero-order valence-electron chi connectivity index (χ0n) is 14.8. The number of carbonyl (C=O) groups is 1. The molecule has 1 heterocycles. The van der Waals surface area contributed by atoms with E-state index in [0.717, 1.165) is 43.0 Å². The van der Waals surface area contributed by atoms with Crippen LogP contribution in [0.4, 0.5) is 4.79 Å². The second-order valence-corrected chi connectivity index (χ2v) is 8.12. The van der Waals surface area contributed by atoms with E-state index in [1.165, 1.54) is 11.1 Å². The fourth-order valence-corrected chi connectivity index (χ4v) is 4.80. The van der Waals surface area contributed by atoms with Crippen molar-refractivity contribution in [2.24, 2.45) is 10.3 Å². The Morgan fingerprint density at radius 3 is 2.68 bits per heavy atom. The summed E-state index contributed by atoms with van der Waals surface area (Å²) in [6.07, 6.45) is 2.95. The van der Waals surface area contributed by atoms with Crippen LogP contribution in [-0.2, 0) is 12.8 Å². The third kappa shape index (κ3) is 3.98. The lowest BCUT2D eigenvalue weighted by Crippen LogP contribution is -2.42. The van der Waals surface area contributed by atoms with Gasteiger partial charge in [-0.05, 0) is 56.0 Å². The van der Waals surface area contributed by atoms with Gasteiger partial charge >= 0.3 is 6.09 Å². The maximum absolute atomic E-state index is 11.3. The number of nitrogens with zero attached hydrogens (tertiary/aromatic N) is 3. The van der Waals surface area contributed by atoms with Crippen LogP contribution in [0.5, 0.6) is 0 Å². The fourth-order valence-electron chi connectivity index (χ4n) is 3.42. The SMILES string of the molecule is CCC1(C)N=NN(C(=O)O)C1SCCCNC1Cc2ccccc2C1. The van der Waals surface area contributed by atoms with E-state index in [-0.39, 0.29) is 5.37 Å². The minimum atomic E-state index is -1.03. The topological polar surface area (TPSA) is 77.3 Å². The van der Waals surface area contributed by atoms with Gasteiger partial charge in [0, 0.05) is 6.04 Å². The minimum absolute atomic E-state index is 0.231. The van der Waals surface area contributed by atoms with Crippen LogP contribution in [0.2, 0.25) is 0 Å². The summed E-state index contributed by atoms with van der Waals surface area (Å²) >= 11 is 1.64. The van der Waals surface area contributed by atoms with E-state index in [0.29, 0.717) is 6.04 Å². The molecule has 1 aromatic carbocycles. The monoisotopic (exact) mass is 362 g/mol. The molecule has 2 atom stereocenters. The Morgan fingerprint density at radius 2 is 2.08 bits per heavy atom. The van der Waals surface area contributed by atoms with Crippen molar-refractivity contribution in [3.05, 3.63) is 35.4 Å². The molecule has 136 valence electrons. The number of nitrogens with one attached hydrogen (secondary N) is 1. The Balaban J connectivity index is 1.40. The van der Waals surface area contributed by atoms with Crippen LogP contribution < -0.4 is 5.32 Å². The maximum atomic E-state index is 11.3. The lowest BCUT2D eigenvalue weighted by atomic mass is 10.0. The second kappa shape index (κ2) is 7.74. The number of rotatable bonds is 7. The summed E-state index contributed by atoms with van der Waals surface area (Å²) in [4.78, 5) is 11.3. The average molecular weight is 362 g/mol. The first-order valence-electron chi connectivity index (χ1n) is 8.90. The predicted molar refractivity (Wildman–Crippen MR) is 99.9 cm³/mol. The molecule has 6 nitrogen and oxygen atoms in total. The van der Waals surface area contributed by atoms with Crippen LogP contribution in [-0.4, -0.2) is 45.5 Å². The van der Waals surface area contributed by atoms with Crippen LogP contribution in [0.25, 0.3) is 0 Å². The Labute approximate surface area is 153 Å². The van der Waals surface area contributed by atoms with E-state index >= 15 is 0 Å². The van der Waals surface area contributed by atoms with Crippen molar-refractivity contribution in [2.45, 2.75) is 56.5 Å². The van der Waals surface area contributed by atoms with Gasteiger partial charge in [-0.1, -0.05) is 36.4 Å². The van der Waals surface area contributed by atoms with Crippen molar-refractivity contribution in [3.63, 3.8) is 0 Å². The van der Waals surface area contributed by atoms with E-state index in [9.17, 15) is 9.90 Å². The molecule has 25 heavy (non-hydrogen) atoms. The number of hydrogen-bond acceptors (Lipinski definition) is 5. The Hall–Kier alpha value is -1.60. The summed E-state index contributed by atoms with van der Waals surface area (Å²) in [6, 6.07) is 9.16. The molecular formula is C18H26N4O2S. The summed E-state index contributed by atoms with van der Waals surface area (Å²) in [6.45, 7) is 4.95. The standard InChI is InChI=1S/C18H26N4O2S/c1-3-18(2)16(22(17(23)24)21-20-18)25-10-6-9-19-15-11-13-7-4-5-8-14(13)12-15/h4-5,7-8,15-16,19H,3,6,9-12H2,1-2H3,(H,23,24). The van der Waals surface area contributed by atoms with Gasteiger partial charge in [0.25, 0.3) is 0 Å². The number of benzene rings is 1. The smallest absolute Gasteiger partial charge is 0.430 e. The molecule has 2 aliphatic rings. The molecule has 0 radical (unpaired) electrons. The van der Waals surface area contributed by atoms with Crippen LogP contribution >= 0.6 is 11.8 Å². The van der Waals surface area contributed by atoms with Crippen LogP contribution in [0.15, 0.2) is 34.6 Å². The number of thioether (sulfide) groups is 1. The van der Waals surface area contributed by atoms with Gasteiger partial charge in [-0.2, -0.15) is 10.1 Å². The highest BCUT2D eigenvalue weighted by Crippen LogP contribution is 2.38. The maximum Gasteiger partial charge on any atom is 0.430 e. The van der Waals surface area contributed by atoms with Gasteiger partial charge in [-0.15, -0.1) is 11.8 Å². The summed E-state index contributed by atoms with van der Waals surface area (Å²) < 4.78 is 0. The molecule has 1 aromatic rings. The summed E-state index contributed by atoms with van der Waals surface area (Å²) in [5.74, 6) is 0.891. The summed E-state index contributed by atoms with van der Waals surface area (Å²) in [5, 5.41) is 21.8. The third-order valence-electron chi connectivity index (χ3n) is 5.12. The Morgan fingerprint density at radius 1 is 1.40 bits per heavy atom. The number of carboxylic acid groups (broad SMARTS) is 1. The minimum Gasteiger partial charge on any atom is -0.464 e. The molecule has 0 aromatic heterocycles. The molecule has 1 amide bonds. The highest BCUT2D eigenvalue weighted by atomic mass is 32.2. The van der Waals surface area contributed by atoms with Gasteiger partial charge in [0.05, 0.1) is 0 Å². The molecule has 0 bridgehead atoms. The fraction of sp³-hybridized carbons (Fsp3) is 0.611. The number of fused-ring (bicyclic) bond motifs is 1. The molecule has 1 aliphatic carbocycles. The van der Waals surface area contributed by atoms with Gasteiger partial charge in [-0.25, -0.2) is 4.79 Å². The first-order chi connectivity index (χ1) is 12.0. The largest absolute Gasteiger partial charge is 0.464 e. The number of hydrogen-bond donors (Lipinski definition) is 2. The molecule has 0 fully saturated rings. The Kier molecular flexibility index (Phi) is 5.64. The van der Waals surface area contributed by atoms with E-state index in [2.05, 4.69) is 39.9 Å². The van der Waals surface area contributed by atoms with Crippen molar-refractivity contribution in [2.75, 3.05) is 12.3 Å². The molecular weight excluding hydrogens is 336 g/mol. The van der Waals surface area contributed by atoms with Crippen LogP contribution in [0.1, 0.15) is 37.8 Å². The van der Waals surface area contributed by atoms with Crippen LogP contribution in [0.3, 0.4) is 0 Å². The molecule has 0 saturated carbocycles. The highest BCUT2D eigenvalue weighted by Gasteiger charge is 2.45. The third-order valence-corrected chi connectivity index (χ3v) is 6.66. The predicted octanol–water partition coefficient (Wildman–Crippen LogP) is 3.72. The molecule has 0 spiro atoms. The van der Waals surface area contributed by atoms with Crippen molar-refractivity contribution < 1.29 is 9.90 Å². The molecule has 2 N–H and O–H groups in total. The van der Waals surface area contributed by atoms with E-state index in [1.807, 2.05) is 13.8 Å². The molecule has 0 saturated heterocycles. The van der Waals surface area contributed by atoms with Gasteiger partial charge in [0.15, 0.2) is 0 Å². The average Bonchev–Trinajstić information content (AvgIpc) is 3.16. The van der Waals surface area contributed by atoms with E-state index in [4.69, 9.17) is 0 Å². The zero-order chi connectivity index (χ0) is 17.9. The summed E-state index contributed by atoms with van der Waals surface area (Å²) in [7, 11) is 0. The van der Waals surface area contributed by atoms with E-state index < -0.39 is 11.6 Å². The second-order valence-electron chi connectivity index (χ2n) is 6.93. The molecule has 7 heteroatoms. The van der Waals surface area contributed by atoms with Crippen LogP contribution in [0, 0.1) is 0 Å². The van der Waals surface area contributed by atoms with Crippen molar-refractivity contribution >= 4 is 17.9 Å². The number of amides is 1. The first kappa shape index (κ1) is 18.2. The highest BCUT2D eigenvalue weighted by molar-refractivity contribution is 7.99. The summed E-state index contributed by atoms with van der Waals surface area (Å²) in [5.41, 5.74) is 2.49. The van der Waals surface area contributed by atoms with Gasteiger partial charge in [0.2, 0.25) is 0 Å². The van der Waals surface area contributed by atoms with Gasteiger partial charge in [0.1, 0.15) is 10.9 Å². The lowest BCUT2D eigenvalue weighted by Gasteiger charge is -2.28. The van der Waals surface area contributed by atoms with Crippen molar-refractivity contribution in [1.29, 1.82) is 0 Å². The molecule has 3 rings (SSSR count). The van der Waals surface area contributed by atoms with Crippen molar-refractivity contribution in [3.8, 4) is 0 Å². The molecule has 2 unspecified atom stereocenters.